The van der Waals surface area contributed by atoms with Gasteiger partial charge in [-0.3, -0.25) is 15.0 Å². The minimum atomic E-state index is -0.117. The van der Waals surface area contributed by atoms with Crippen molar-refractivity contribution >= 4 is 45.5 Å². The summed E-state index contributed by atoms with van der Waals surface area (Å²) in [7, 11) is 0. The minimum absolute atomic E-state index is 0.117. The van der Waals surface area contributed by atoms with Crippen molar-refractivity contribution in [1.82, 2.24) is 14.9 Å². The van der Waals surface area contributed by atoms with Gasteiger partial charge in [0.05, 0.1) is 16.4 Å². The molecule has 0 radical (unpaired) electrons. The van der Waals surface area contributed by atoms with Crippen LogP contribution in [0, 0.1) is 6.92 Å². The molecule has 0 saturated carbocycles. The maximum Gasteiger partial charge on any atom is 0.257 e. The number of carbonyl (C=O) groups excluding carboxylic acids is 1. The van der Waals surface area contributed by atoms with Crippen LogP contribution in [0.4, 0.5) is 5.13 Å². The lowest BCUT2D eigenvalue weighted by Gasteiger charge is -2.25. The number of hydrogen-bond donors (Lipinski definition) is 1. The zero-order valence-corrected chi connectivity index (χ0v) is 20.7. The second kappa shape index (κ2) is 10.2. The number of aromatic nitrogens is 2. The van der Waals surface area contributed by atoms with Crippen molar-refractivity contribution < 1.29 is 4.79 Å². The number of anilines is 1. The molecule has 8 heteroatoms. The van der Waals surface area contributed by atoms with Gasteiger partial charge < -0.3 is 0 Å². The SMILES string of the molecule is Cc1nc(CSc2ccc(C(=O)Nc3nc4c(s3)CN(Cc3ccccc3)CC4)cc2)cs1. The highest BCUT2D eigenvalue weighted by atomic mass is 32.2. The molecule has 0 spiro atoms. The third-order valence-corrected chi connectivity index (χ3v) is 8.32. The first-order valence-corrected chi connectivity index (χ1v) is 13.5. The largest absolute Gasteiger partial charge is 0.298 e. The number of carbonyl (C=O) groups is 1. The number of aryl methyl sites for hydroxylation is 1. The molecule has 1 aliphatic heterocycles. The lowest BCUT2D eigenvalue weighted by atomic mass is 10.1. The van der Waals surface area contributed by atoms with Crippen molar-refractivity contribution in [3.8, 4) is 0 Å². The van der Waals surface area contributed by atoms with E-state index in [9.17, 15) is 4.79 Å². The van der Waals surface area contributed by atoms with Gasteiger partial charge in [0.15, 0.2) is 5.13 Å². The number of hydrogen-bond acceptors (Lipinski definition) is 7. The molecule has 0 bridgehead atoms. The van der Waals surface area contributed by atoms with Gasteiger partial charge >= 0.3 is 0 Å². The third kappa shape index (κ3) is 5.70. The van der Waals surface area contributed by atoms with Gasteiger partial charge in [-0.25, -0.2) is 9.97 Å². The molecule has 0 saturated heterocycles. The predicted molar refractivity (Wildman–Crippen MR) is 137 cm³/mol. The van der Waals surface area contributed by atoms with E-state index in [4.69, 9.17) is 4.98 Å². The van der Waals surface area contributed by atoms with Crippen LogP contribution in [0.25, 0.3) is 0 Å². The van der Waals surface area contributed by atoms with Crippen LogP contribution in [0.3, 0.4) is 0 Å². The molecule has 0 aliphatic carbocycles. The Bertz CT molecular complexity index is 1230. The number of amides is 1. The van der Waals surface area contributed by atoms with Gasteiger partial charge in [-0.1, -0.05) is 30.3 Å². The van der Waals surface area contributed by atoms with Crippen molar-refractivity contribution in [2.75, 3.05) is 11.9 Å². The van der Waals surface area contributed by atoms with E-state index in [0.29, 0.717) is 10.7 Å². The number of nitrogens with one attached hydrogen (secondary N) is 1. The summed E-state index contributed by atoms with van der Waals surface area (Å²) in [6.45, 7) is 4.82. The fourth-order valence-corrected chi connectivity index (χ4v) is 6.34. The number of thioether (sulfide) groups is 1. The summed E-state index contributed by atoms with van der Waals surface area (Å²) >= 11 is 4.99. The van der Waals surface area contributed by atoms with E-state index in [1.54, 1.807) is 34.4 Å². The molecule has 33 heavy (non-hydrogen) atoms. The van der Waals surface area contributed by atoms with E-state index in [-0.39, 0.29) is 5.91 Å². The Morgan fingerprint density at radius 3 is 2.70 bits per heavy atom. The molecular formula is C25H24N4OS3. The van der Waals surface area contributed by atoms with Crippen molar-refractivity contribution in [2.24, 2.45) is 0 Å². The van der Waals surface area contributed by atoms with Gasteiger partial charge in [0.2, 0.25) is 0 Å². The Morgan fingerprint density at radius 1 is 1.12 bits per heavy atom. The van der Waals surface area contributed by atoms with Crippen LogP contribution < -0.4 is 5.32 Å². The summed E-state index contributed by atoms with van der Waals surface area (Å²) in [5.74, 6) is 0.718. The maximum atomic E-state index is 12.8. The second-order valence-corrected chi connectivity index (χ2v) is 11.2. The zero-order chi connectivity index (χ0) is 22.6. The molecule has 1 N–H and O–H groups in total. The summed E-state index contributed by atoms with van der Waals surface area (Å²) in [4.78, 5) is 26.7. The topological polar surface area (TPSA) is 58.1 Å². The average molecular weight is 493 g/mol. The standard InChI is InChI=1S/C25H24N4OS3/c1-17-26-20(15-31-17)16-32-21-9-7-19(8-10-21)24(30)28-25-27-22-11-12-29(14-23(22)33-25)13-18-5-3-2-4-6-18/h2-10,15H,11-14,16H2,1H3,(H,27,28,30). The molecule has 2 aromatic heterocycles. The first kappa shape index (κ1) is 22.3. The molecule has 0 atom stereocenters. The predicted octanol–water partition coefficient (Wildman–Crippen LogP) is 6.01. The number of nitrogens with zero attached hydrogens (tertiary/aromatic N) is 3. The van der Waals surface area contributed by atoms with Crippen LogP contribution in [0.5, 0.6) is 0 Å². The monoisotopic (exact) mass is 492 g/mol. The number of thiazole rings is 2. The van der Waals surface area contributed by atoms with E-state index in [2.05, 4.69) is 44.8 Å². The van der Waals surface area contributed by atoms with Gasteiger partial charge in [-0.15, -0.1) is 34.4 Å². The van der Waals surface area contributed by atoms with Crippen molar-refractivity contribution in [1.29, 1.82) is 0 Å². The minimum Gasteiger partial charge on any atom is -0.298 e. The highest BCUT2D eigenvalue weighted by molar-refractivity contribution is 7.98. The summed E-state index contributed by atoms with van der Waals surface area (Å²) in [5.41, 5.74) is 4.17. The number of fused-ring (bicyclic) bond motifs is 1. The summed E-state index contributed by atoms with van der Waals surface area (Å²) in [5, 5.41) is 6.86. The Balaban J connectivity index is 1.17. The lowest BCUT2D eigenvalue weighted by Crippen LogP contribution is -2.29. The Labute approximate surface area is 205 Å². The van der Waals surface area contributed by atoms with Gasteiger partial charge in [-0.2, -0.15) is 0 Å². The maximum absolute atomic E-state index is 12.8. The van der Waals surface area contributed by atoms with Gasteiger partial charge in [0, 0.05) is 52.5 Å². The molecule has 168 valence electrons. The van der Waals surface area contributed by atoms with E-state index in [1.165, 1.54) is 10.4 Å². The van der Waals surface area contributed by atoms with Crippen LogP contribution in [-0.2, 0) is 25.3 Å². The van der Waals surface area contributed by atoms with Crippen LogP contribution in [-0.4, -0.2) is 27.3 Å². The molecule has 0 fully saturated rings. The molecular weight excluding hydrogens is 469 g/mol. The highest BCUT2D eigenvalue weighted by Crippen LogP contribution is 2.30. The second-order valence-electron chi connectivity index (χ2n) is 7.96. The van der Waals surface area contributed by atoms with Crippen LogP contribution in [0.15, 0.2) is 64.9 Å². The third-order valence-electron chi connectivity index (χ3n) is 5.45. The van der Waals surface area contributed by atoms with Gasteiger partial charge in [-0.05, 0) is 36.8 Å². The van der Waals surface area contributed by atoms with Gasteiger partial charge in [0.1, 0.15) is 0 Å². The zero-order valence-electron chi connectivity index (χ0n) is 18.3. The van der Waals surface area contributed by atoms with E-state index in [0.717, 1.165) is 53.1 Å². The molecule has 0 unspecified atom stereocenters. The average Bonchev–Trinajstić information content (AvgIpc) is 3.43. The van der Waals surface area contributed by atoms with Gasteiger partial charge in [0.25, 0.3) is 5.91 Å². The Hall–Kier alpha value is -2.52. The number of rotatable bonds is 7. The van der Waals surface area contributed by atoms with E-state index in [1.807, 2.05) is 37.3 Å². The van der Waals surface area contributed by atoms with Crippen molar-refractivity contribution in [2.45, 2.75) is 37.1 Å². The Kier molecular flexibility index (Phi) is 6.87. The fraction of sp³-hybridized carbons (Fsp3) is 0.240. The first-order valence-electron chi connectivity index (χ1n) is 10.8. The van der Waals surface area contributed by atoms with Crippen molar-refractivity contribution in [3.05, 3.63) is 92.4 Å². The summed E-state index contributed by atoms with van der Waals surface area (Å²) in [6.07, 6.45) is 0.916. The smallest absolute Gasteiger partial charge is 0.257 e. The van der Waals surface area contributed by atoms with E-state index >= 15 is 0 Å². The summed E-state index contributed by atoms with van der Waals surface area (Å²) in [6, 6.07) is 18.3. The molecule has 1 aliphatic rings. The number of benzene rings is 2. The highest BCUT2D eigenvalue weighted by Gasteiger charge is 2.21. The van der Waals surface area contributed by atoms with E-state index < -0.39 is 0 Å². The summed E-state index contributed by atoms with van der Waals surface area (Å²) < 4.78 is 0. The first-order chi connectivity index (χ1) is 16.1. The molecule has 5 rings (SSSR count). The fourth-order valence-electron chi connectivity index (χ4n) is 3.78. The van der Waals surface area contributed by atoms with Crippen molar-refractivity contribution in [3.63, 3.8) is 0 Å². The molecule has 2 aromatic carbocycles. The molecule has 5 nitrogen and oxygen atoms in total. The molecule has 4 aromatic rings. The van der Waals surface area contributed by atoms with Crippen LogP contribution in [0.2, 0.25) is 0 Å². The molecule has 1 amide bonds. The van der Waals surface area contributed by atoms with Crippen LogP contribution in [0.1, 0.15) is 37.2 Å². The quantitative estimate of drug-likeness (QED) is 0.320. The molecule has 3 heterocycles. The van der Waals surface area contributed by atoms with Crippen LogP contribution >= 0.6 is 34.4 Å². The lowest BCUT2D eigenvalue weighted by molar-refractivity contribution is 0.102. The Morgan fingerprint density at radius 2 is 1.94 bits per heavy atom. The normalized spacial score (nSPS) is 13.6.